The Bertz CT molecular complexity index is 781. The van der Waals surface area contributed by atoms with E-state index in [1.54, 1.807) is 11.1 Å². The summed E-state index contributed by atoms with van der Waals surface area (Å²) in [6, 6.07) is 0. The number of fused-ring (bicyclic) bond motifs is 1. The lowest BCUT2D eigenvalue weighted by atomic mass is 9.47. The van der Waals surface area contributed by atoms with Crippen molar-refractivity contribution in [1.82, 2.24) is 0 Å². The molecule has 0 N–H and O–H groups in total. The highest BCUT2D eigenvalue weighted by Crippen LogP contribution is 2.62. The first-order valence-electron chi connectivity index (χ1n) is 14.7. The van der Waals surface area contributed by atoms with Crippen molar-refractivity contribution in [2.24, 2.45) is 39.4 Å². The van der Waals surface area contributed by atoms with Crippen molar-refractivity contribution in [3.63, 3.8) is 0 Å². The van der Waals surface area contributed by atoms with Gasteiger partial charge in [0.25, 0.3) is 0 Å². The Hall–Kier alpha value is 0.137. The average Bonchev–Trinajstić information content (AvgIpc) is 3.07. The second-order valence-electron chi connectivity index (χ2n) is 15.1. The molecule has 3 rings (SSSR count). The second-order valence-corrected chi connectivity index (χ2v) is 18.9. The molecule has 3 heteroatoms. The summed E-state index contributed by atoms with van der Waals surface area (Å²) < 4.78 is 6.82. The number of hydrogen-bond acceptors (Lipinski definition) is 1. The van der Waals surface area contributed by atoms with Crippen LogP contribution in [0.5, 0.6) is 0 Å². The summed E-state index contributed by atoms with van der Waals surface area (Å²) in [5, 5.41) is 0. The SMILES string of the molecule is CC(Br)C(C)[C@H]1CC[C@H]2/C(=C/C=C3/CCC(O[SiH](C)C)C(C(C)(C)C)(C(C)(C)C)C3)CCC[C@]12C. The van der Waals surface area contributed by atoms with Gasteiger partial charge in [0.05, 0.1) is 6.10 Å². The van der Waals surface area contributed by atoms with Crippen molar-refractivity contribution in [3.8, 4) is 0 Å². The van der Waals surface area contributed by atoms with Gasteiger partial charge >= 0.3 is 0 Å². The molecule has 3 unspecified atom stereocenters. The van der Waals surface area contributed by atoms with Crippen molar-refractivity contribution in [2.75, 3.05) is 0 Å². The molecule has 3 fully saturated rings. The Morgan fingerprint density at radius 2 is 1.60 bits per heavy atom. The Morgan fingerprint density at radius 3 is 2.14 bits per heavy atom. The zero-order chi connectivity index (χ0) is 26.4. The highest BCUT2D eigenvalue weighted by molar-refractivity contribution is 9.09. The molecule has 0 heterocycles. The van der Waals surface area contributed by atoms with E-state index in [9.17, 15) is 0 Å². The summed E-state index contributed by atoms with van der Waals surface area (Å²) in [4.78, 5) is 0.605. The van der Waals surface area contributed by atoms with E-state index in [2.05, 4.69) is 103 Å². The quantitative estimate of drug-likeness (QED) is 0.238. The van der Waals surface area contributed by atoms with Crippen molar-refractivity contribution in [2.45, 2.75) is 138 Å². The summed E-state index contributed by atoms with van der Waals surface area (Å²) in [6.45, 7) is 27.0. The first-order valence-corrected chi connectivity index (χ1v) is 18.4. The first kappa shape index (κ1) is 29.7. The second kappa shape index (κ2) is 10.7. The van der Waals surface area contributed by atoms with Gasteiger partial charge in [-0.2, -0.15) is 0 Å². The standard InChI is InChI=1S/C32H57BrOSi/c1-22(23(2)33)26-17-18-27-25(13-12-20-31(26,27)9)16-14-24-15-19-28(34-35(10)11)32(21-24,29(3,4)5)30(6,7)8/h14,16,22-23,26-28,35H,12-13,15,17-21H2,1-11H3/b24-14-,25-16+/t22?,23?,26-,27+,28?,31-/m1/s1. The summed E-state index contributed by atoms with van der Waals surface area (Å²) in [5.74, 6) is 2.38. The van der Waals surface area contributed by atoms with Crippen LogP contribution in [0, 0.1) is 39.4 Å². The minimum atomic E-state index is -1.11. The molecule has 0 saturated heterocycles. The molecule has 0 aliphatic heterocycles. The fourth-order valence-electron chi connectivity index (χ4n) is 9.09. The molecule has 3 aliphatic rings. The first-order chi connectivity index (χ1) is 16.0. The maximum absolute atomic E-state index is 6.82. The molecule has 6 atom stereocenters. The number of halogens is 1. The summed E-state index contributed by atoms with van der Waals surface area (Å²) in [5.41, 5.74) is 4.44. The van der Waals surface area contributed by atoms with Gasteiger partial charge in [-0.15, -0.1) is 0 Å². The van der Waals surface area contributed by atoms with E-state index in [4.69, 9.17) is 4.43 Å². The number of hydrogen-bond donors (Lipinski definition) is 0. The van der Waals surface area contributed by atoms with Gasteiger partial charge in [-0.1, -0.05) is 102 Å². The molecular formula is C32H57BrOSi. The topological polar surface area (TPSA) is 9.23 Å². The van der Waals surface area contributed by atoms with Crippen molar-refractivity contribution in [3.05, 3.63) is 23.3 Å². The largest absolute Gasteiger partial charge is 0.417 e. The van der Waals surface area contributed by atoms with E-state index in [-0.39, 0.29) is 16.2 Å². The summed E-state index contributed by atoms with van der Waals surface area (Å²) in [7, 11) is -1.11. The maximum Gasteiger partial charge on any atom is 0.171 e. The predicted octanol–water partition coefficient (Wildman–Crippen LogP) is 10.1. The summed E-state index contributed by atoms with van der Waals surface area (Å²) in [6.07, 6.45) is 16.0. The highest BCUT2D eigenvalue weighted by Gasteiger charge is 2.57. The molecule has 0 bridgehead atoms. The third-order valence-corrected chi connectivity index (χ3v) is 12.5. The van der Waals surface area contributed by atoms with Crippen LogP contribution < -0.4 is 0 Å². The molecule has 202 valence electrons. The predicted molar refractivity (Wildman–Crippen MR) is 161 cm³/mol. The molecule has 0 aromatic rings. The minimum absolute atomic E-state index is 0.154. The zero-order valence-corrected chi connectivity index (χ0v) is 27.8. The van der Waals surface area contributed by atoms with E-state index in [1.807, 2.05) is 0 Å². The van der Waals surface area contributed by atoms with E-state index in [0.29, 0.717) is 16.3 Å². The third kappa shape index (κ3) is 5.63. The molecule has 0 spiro atoms. The van der Waals surface area contributed by atoms with Gasteiger partial charge in [0.1, 0.15) is 0 Å². The molecule has 0 radical (unpaired) electrons. The van der Waals surface area contributed by atoms with Crippen LogP contribution in [0.4, 0.5) is 0 Å². The minimum Gasteiger partial charge on any atom is -0.417 e. The van der Waals surface area contributed by atoms with Crippen LogP contribution in [0.1, 0.15) is 114 Å². The number of alkyl halides is 1. The Labute approximate surface area is 229 Å². The third-order valence-electron chi connectivity index (χ3n) is 10.8. The Morgan fingerprint density at radius 1 is 0.971 bits per heavy atom. The molecule has 0 aromatic carbocycles. The number of rotatable bonds is 5. The van der Waals surface area contributed by atoms with Crippen LogP contribution in [-0.4, -0.2) is 20.0 Å². The van der Waals surface area contributed by atoms with Gasteiger partial charge in [-0.3, -0.25) is 0 Å². The molecule has 0 aromatic heterocycles. The lowest BCUT2D eigenvalue weighted by Crippen LogP contribution is -2.57. The average molecular weight is 566 g/mol. The lowest BCUT2D eigenvalue weighted by Gasteiger charge is -2.60. The van der Waals surface area contributed by atoms with Crippen LogP contribution in [0.2, 0.25) is 13.1 Å². The summed E-state index contributed by atoms with van der Waals surface area (Å²) >= 11 is 3.92. The van der Waals surface area contributed by atoms with E-state index in [0.717, 1.165) is 17.8 Å². The smallest absolute Gasteiger partial charge is 0.171 e. The van der Waals surface area contributed by atoms with Crippen LogP contribution in [-0.2, 0) is 4.43 Å². The van der Waals surface area contributed by atoms with Crippen molar-refractivity contribution in [1.29, 1.82) is 0 Å². The van der Waals surface area contributed by atoms with Gasteiger partial charge in [-0.25, -0.2) is 0 Å². The fraction of sp³-hybridized carbons (Fsp3) is 0.875. The maximum atomic E-state index is 6.82. The van der Waals surface area contributed by atoms with Crippen LogP contribution in [0.15, 0.2) is 23.3 Å². The normalized spacial score (nSPS) is 36.0. The molecule has 35 heavy (non-hydrogen) atoms. The van der Waals surface area contributed by atoms with Crippen molar-refractivity contribution >= 4 is 25.0 Å². The molecule has 0 amide bonds. The zero-order valence-electron chi connectivity index (χ0n) is 25.1. The lowest BCUT2D eigenvalue weighted by molar-refractivity contribution is -0.131. The Balaban J connectivity index is 1.92. The molecule has 1 nitrogen and oxygen atoms in total. The van der Waals surface area contributed by atoms with E-state index < -0.39 is 9.04 Å². The van der Waals surface area contributed by atoms with Gasteiger partial charge in [-0.05, 0) is 98.5 Å². The van der Waals surface area contributed by atoms with Gasteiger partial charge in [0.15, 0.2) is 9.04 Å². The van der Waals surface area contributed by atoms with Gasteiger partial charge in [0.2, 0.25) is 0 Å². The van der Waals surface area contributed by atoms with Crippen LogP contribution in [0.3, 0.4) is 0 Å². The van der Waals surface area contributed by atoms with Gasteiger partial charge in [0, 0.05) is 10.2 Å². The highest BCUT2D eigenvalue weighted by atomic mass is 79.9. The van der Waals surface area contributed by atoms with Crippen LogP contribution >= 0.6 is 15.9 Å². The monoisotopic (exact) mass is 564 g/mol. The number of allylic oxidation sites excluding steroid dienone is 4. The van der Waals surface area contributed by atoms with E-state index in [1.165, 1.54) is 51.4 Å². The molecular weight excluding hydrogens is 508 g/mol. The Kier molecular flexibility index (Phi) is 9.09. The van der Waals surface area contributed by atoms with Gasteiger partial charge < -0.3 is 4.43 Å². The van der Waals surface area contributed by atoms with Crippen molar-refractivity contribution < 1.29 is 4.43 Å². The molecule has 3 aliphatic carbocycles. The van der Waals surface area contributed by atoms with Crippen LogP contribution in [0.25, 0.3) is 0 Å². The molecule has 3 saturated carbocycles. The fourth-order valence-corrected chi connectivity index (χ4v) is 10.5. The van der Waals surface area contributed by atoms with E-state index >= 15 is 0 Å².